The Morgan fingerprint density at radius 1 is 1.16 bits per heavy atom. The summed E-state index contributed by atoms with van der Waals surface area (Å²) in [5, 5.41) is 5.97. The van der Waals surface area contributed by atoms with Crippen molar-refractivity contribution in [2.45, 2.75) is 13.3 Å². The minimum Gasteiger partial charge on any atom is -0.484 e. The van der Waals surface area contributed by atoms with Gasteiger partial charge in [-0.2, -0.15) is 0 Å². The summed E-state index contributed by atoms with van der Waals surface area (Å²) in [6.45, 7) is 2.47. The standard InChI is InChI=1S/C13H17ClN2O3/c1-10(17)15-7-2-8-16-13(18)9-19-12-5-3-11(14)4-6-12/h3-6H,2,7-9H2,1H3,(H,15,17)(H,16,18). The molecule has 1 rings (SSSR count). The van der Waals surface area contributed by atoms with Crippen molar-refractivity contribution in [1.29, 1.82) is 0 Å². The summed E-state index contributed by atoms with van der Waals surface area (Å²) in [5.41, 5.74) is 0. The molecule has 5 nitrogen and oxygen atoms in total. The van der Waals surface area contributed by atoms with Crippen molar-refractivity contribution in [3.8, 4) is 5.75 Å². The third-order valence-electron chi connectivity index (χ3n) is 2.23. The van der Waals surface area contributed by atoms with Gasteiger partial charge in [0.1, 0.15) is 5.75 Å². The molecule has 0 bridgehead atoms. The Morgan fingerprint density at radius 3 is 2.42 bits per heavy atom. The lowest BCUT2D eigenvalue weighted by Gasteiger charge is -2.07. The molecule has 0 aliphatic carbocycles. The monoisotopic (exact) mass is 284 g/mol. The van der Waals surface area contributed by atoms with E-state index in [1.54, 1.807) is 24.3 Å². The van der Waals surface area contributed by atoms with Crippen LogP contribution in [0.3, 0.4) is 0 Å². The zero-order valence-corrected chi connectivity index (χ0v) is 11.5. The predicted molar refractivity (Wildman–Crippen MR) is 73.3 cm³/mol. The smallest absolute Gasteiger partial charge is 0.257 e. The van der Waals surface area contributed by atoms with Crippen LogP contribution in [-0.4, -0.2) is 31.5 Å². The van der Waals surface area contributed by atoms with E-state index >= 15 is 0 Å². The molecular weight excluding hydrogens is 268 g/mol. The number of carbonyl (C=O) groups is 2. The summed E-state index contributed by atoms with van der Waals surface area (Å²) < 4.78 is 5.28. The van der Waals surface area contributed by atoms with Crippen LogP contribution in [0.1, 0.15) is 13.3 Å². The Labute approximate surface area is 117 Å². The summed E-state index contributed by atoms with van der Waals surface area (Å²) in [7, 11) is 0. The molecule has 1 aromatic rings. The van der Waals surface area contributed by atoms with E-state index in [1.807, 2.05) is 0 Å². The summed E-state index contributed by atoms with van der Waals surface area (Å²) in [6.07, 6.45) is 0.687. The fraction of sp³-hybridized carbons (Fsp3) is 0.385. The molecule has 0 aliphatic rings. The number of nitrogens with one attached hydrogen (secondary N) is 2. The number of rotatable bonds is 7. The molecule has 6 heteroatoms. The van der Waals surface area contributed by atoms with Crippen molar-refractivity contribution in [3.63, 3.8) is 0 Å². The quantitative estimate of drug-likeness (QED) is 0.743. The Morgan fingerprint density at radius 2 is 1.79 bits per heavy atom. The highest BCUT2D eigenvalue weighted by atomic mass is 35.5. The van der Waals surface area contributed by atoms with E-state index in [0.29, 0.717) is 30.3 Å². The minimum absolute atomic E-state index is 0.0399. The summed E-state index contributed by atoms with van der Waals surface area (Å²) in [6, 6.07) is 6.79. The molecule has 0 aliphatic heterocycles. The Kier molecular flexibility index (Phi) is 6.74. The zero-order valence-electron chi connectivity index (χ0n) is 10.7. The number of hydrogen-bond donors (Lipinski definition) is 2. The van der Waals surface area contributed by atoms with Crippen molar-refractivity contribution in [3.05, 3.63) is 29.3 Å². The normalized spacial score (nSPS) is 9.79. The maximum atomic E-state index is 11.4. The highest BCUT2D eigenvalue weighted by Gasteiger charge is 2.02. The average Bonchev–Trinajstić information content (AvgIpc) is 2.37. The molecule has 19 heavy (non-hydrogen) atoms. The SMILES string of the molecule is CC(=O)NCCCNC(=O)COc1ccc(Cl)cc1. The van der Waals surface area contributed by atoms with Gasteiger partial charge >= 0.3 is 0 Å². The van der Waals surface area contributed by atoms with Gasteiger partial charge in [0.2, 0.25) is 5.91 Å². The fourth-order valence-corrected chi connectivity index (χ4v) is 1.44. The third-order valence-corrected chi connectivity index (χ3v) is 2.49. The first-order chi connectivity index (χ1) is 9.08. The number of hydrogen-bond acceptors (Lipinski definition) is 3. The van der Waals surface area contributed by atoms with E-state index in [9.17, 15) is 9.59 Å². The molecule has 0 heterocycles. The van der Waals surface area contributed by atoms with Crippen LogP contribution >= 0.6 is 11.6 Å². The van der Waals surface area contributed by atoms with Crippen LogP contribution in [-0.2, 0) is 9.59 Å². The molecule has 0 radical (unpaired) electrons. The van der Waals surface area contributed by atoms with Crippen LogP contribution in [0, 0.1) is 0 Å². The largest absolute Gasteiger partial charge is 0.484 e. The maximum absolute atomic E-state index is 11.4. The van der Waals surface area contributed by atoms with E-state index in [-0.39, 0.29) is 18.4 Å². The van der Waals surface area contributed by atoms with E-state index in [2.05, 4.69) is 10.6 Å². The molecule has 104 valence electrons. The highest BCUT2D eigenvalue weighted by Crippen LogP contribution is 2.15. The fourth-order valence-electron chi connectivity index (χ4n) is 1.31. The second-order valence-corrected chi connectivity index (χ2v) is 4.37. The lowest BCUT2D eigenvalue weighted by atomic mass is 10.3. The van der Waals surface area contributed by atoms with Crippen LogP contribution < -0.4 is 15.4 Å². The molecular formula is C13H17ClN2O3. The molecule has 0 saturated carbocycles. The van der Waals surface area contributed by atoms with Gasteiger partial charge in [-0.1, -0.05) is 11.6 Å². The second-order valence-electron chi connectivity index (χ2n) is 3.93. The number of amides is 2. The van der Waals surface area contributed by atoms with Crippen LogP contribution in [0.4, 0.5) is 0 Å². The van der Waals surface area contributed by atoms with Gasteiger partial charge in [0.25, 0.3) is 5.91 Å². The predicted octanol–water partition coefficient (Wildman–Crippen LogP) is 1.36. The third kappa shape index (κ3) is 7.31. The van der Waals surface area contributed by atoms with Crippen molar-refractivity contribution in [1.82, 2.24) is 10.6 Å². The Hall–Kier alpha value is -1.75. The van der Waals surface area contributed by atoms with Gasteiger partial charge < -0.3 is 15.4 Å². The minimum atomic E-state index is -0.197. The van der Waals surface area contributed by atoms with Gasteiger partial charge in [-0.25, -0.2) is 0 Å². The van der Waals surface area contributed by atoms with Gasteiger partial charge in [-0.05, 0) is 30.7 Å². The average molecular weight is 285 g/mol. The van der Waals surface area contributed by atoms with Gasteiger partial charge in [0.05, 0.1) is 0 Å². The molecule has 2 amide bonds. The highest BCUT2D eigenvalue weighted by molar-refractivity contribution is 6.30. The number of carbonyl (C=O) groups excluding carboxylic acids is 2. The van der Waals surface area contributed by atoms with E-state index in [4.69, 9.17) is 16.3 Å². The van der Waals surface area contributed by atoms with Crippen molar-refractivity contribution in [2.24, 2.45) is 0 Å². The molecule has 0 aromatic heterocycles. The summed E-state index contributed by atoms with van der Waals surface area (Å²) >= 11 is 5.73. The first kappa shape index (κ1) is 15.3. The molecule has 0 unspecified atom stereocenters. The first-order valence-corrected chi connectivity index (χ1v) is 6.35. The van der Waals surface area contributed by atoms with E-state index in [1.165, 1.54) is 6.92 Å². The van der Waals surface area contributed by atoms with Crippen LogP contribution in [0.15, 0.2) is 24.3 Å². The molecule has 1 aromatic carbocycles. The van der Waals surface area contributed by atoms with Crippen molar-refractivity contribution < 1.29 is 14.3 Å². The number of benzene rings is 1. The summed E-state index contributed by atoms with van der Waals surface area (Å²) in [5.74, 6) is 0.327. The molecule has 0 fully saturated rings. The van der Waals surface area contributed by atoms with Gasteiger partial charge in [-0.3, -0.25) is 9.59 Å². The zero-order chi connectivity index (χ0) is 14.1. The van der Waals surface area contributed by atoms with Crippen LogP contribution in [0.5, 0.6) is 5.75 Å². The van der Waals surface area contributed by atoms with Gasteiger partial charge in [0, 0.05) is 25.0 Å². The van der Waals surface area contributed by atoms with Crippen molar-refractivity contribution in [2.75, 3.05) is 19.7 Å². The molecule has 0 atom stereocenters. The Bertz CT molecular complexity index is 420. The van der Waals surface area contributed by atoms with Gasteiger partial charge in [0.15, 0.2) is 6.61 Å². The lowest BCUT2D eigenvalue weighted by molar-refractivity contribution is -0.123. The lowest BCUT2D eigenvalue weighted by Crippen LogP contribution is -2.32. The topological polar surface area (TPSA) is 67.4 Å². The van der Waals surface area contributed by atoms with Gasteiger partial charge in [-0.15, -0.1) is 0 Å². The molecule has 2 N–H and O–H groups in total. The Balaban J connectivity index is 2.11. The maximum Gasteiger partial charge on any atom is 0.257 e. The molecule has 0 spiro atoms. The van der Waals surface area contributed by atoms with E-state index in [0.717, 1.165) is 0 Å². The van der Waals surface area contributed by atoms with Crippen LogP contribution in [0.25, 0.3) is 0 Å². The number of halogens is 1. The first-order valence-electron chi connectivity index (χ1n) is 5.97. The number of ether oxygens (including phenoxy) is 1. The molecule has 0 saturated heterocycles. The summed E-state index contributed by atoms with van der Waals surface area (Å²) in [4.78, 5) is 22.0. The van der Waals surface area contributed by atoms with E-state index < -0.39 is 0 Å². The van der Waals surface area contributed by atoms with Crippen molar-refractivity contribution >= 4 is 23.4 Å². The van der Waals surface area contributed by atoms with Crippen LogP contribution in [0.2, 0.25) is 5.02 Å². The second kappa shape index (κ2) is 8.37.